The van der Waals surface area contributed by atoms with Crippen LogP contribution in [0.15, 0.2) is 58.1 Å². The molecule has 1 aliphatic rings. The van der Waals surface area contributed by atoms with Crippen LogP contribution in [0.25, 0.3) is 11.3 Å². The highest BCUT2D eigenvalue weighted by Crippen LogP contribution is 2.23. The number of benzene rings is 1. The molecular formula is C24H32N6O2. The van der Waals surface area contributed by atoms with Crippen LogP contribution < -0.4 is 5.32 Å². The second-order valence-corrected chi connectivity index (χ2v) is 8.01. The fraction of sp³-hybridized carbons (Fsp3) is 0.417. The Bertz CT molecular complexity index is 1010. The molecule has 1 aromatic carbocycles. The topological polar surface area (TPSA) is 81.9 Å². The van der Waals surface area contributed by atoms with Crippen molar-refractivity contribution in [3.05, 3.63) is 66.0 Å². The lowest BCUT2D eigenvalue weighted by Gasteiger charge is -2.34. The maximum Gasteiger partial charge on any atom is 0.193 e. The maximum absolute atomic E-state index is 5.97. The number of H-pyrrole nitrogens is 1. The summed E-state index contributed by atoms with van der Waals surface area (Å²) in [5.74, 6) is 3.59. The van der Waals surface area contributed by atoms with Gasteiger partial charge in [0, 0.05) is 33.7 Å². The van der Waals surface area contributed by atoms with E-state index in [1.807, 2.05) is 44.4 Å². The molecule has 0 aliphatic carbocycles. The highest BCUT2D eigenvalue weighted by atomic mass is 16.5. The molecule has 1 saturated heterocycles. The van der Waals surface area contributed by atoms with E-state index in [2.05, 4.69) is 48.3 Å². The summed E-state index contributed by atoms with van der Waals surface area (Å²) in [6, 6.07) is 14.4. The van der Waals surface area contributed by atoms with Crippen LogP contribution in [0, 0.1) is 6.92 Å². The molecule has 0 bridgehead atoms. The standard InChI is InChI=1S/C24H32N6O2/c1-18-9-10-22(32-18)21(30-11-13-31-14-12-30)16-27-24(25-2)29(3)17-23-26-15-20(28-23)19-7-5-4-6-8-19/h4-10,15,21H,11-14,16-17H2,1-3H3,(H,25,27)(H,26,28). The van der Waals surface area contributed by atoms with Crippen molar-refractivity contribution in [3.8, 4) is 11.3 Å². The van der Waals surface area contributed by atoms with Crippen LogP contribution in [0.4, 0.5) is 0 Å². The highest BCUT2D eigenvalue weighted by molar-refractivity contribution is 5.79. The number of guanidine groups is 1. The number of aromatic amines is 1. The van der Waals surface area contributed by atoms with E-state index in [1.165, 1.54) is 0 Å². The average Bonchev–Trinajstić information content (AvgIpc) is 3.47. The monoisotopic (exact) mass is 436 g/mol. The van der Waals surface area contributed by atoms with Crippen LogP contribution in [0.5, 0.6) is 0 Å². The van der Waals surface area contributed by atoms with Crippen LogP contribution in [0.1, 0.15) is 23.4 Å². The van der Waals surface area contributed by atoms with Crippen molar-refractivity contribution >= 4 is 5.96 Å². The number of imidazole rings is 1. The number of furan rings is 1. The summed E-state index contributed by atoms with van der Waals surface area (Å²) in [6.45, 7) is 6.55. The van der Waals surface area contributed by atoms with Crippen LogP contribution in [0.2, 0.25) is 0 Å². The Labute approximate surface area is 189 Å². The number of nitrogens with one attached hydrogen (secondary N) is 2. The second-order valence-electron chi connectivity index (χ2n) is 8.01. The first-order chi connectivity index (χ1) is 15.6. The Morgan fingerprint density at radius 2 is 2.00 bits per heavy atom. The van der Waals surface area contributed by atoms with Gasteiger partial charge in [-0.2, -0.15) is 0 Å². The molecule has 3 heterocycles. The second kappa shape index (κ2) is 10.5. The molecule has 0 saturated carbocycles. The lowest BCUT2D eigenvalue weighted by atomic mass is 10.1. The first kappa shape index (κ1) is 22.1. The fourth-order valence-electron chi connectivity index (χ4n) is 4.01. The van der Waals surface area contributed by atoms with Crippen LogP contribution >= 0.6 is 0 Å². The molecule has 8 heteroatoms. The molecule has 0 spiro atoms. The van der Waals surface area contributed by atoms with Crippen molar-refractivity contribution in [2.45, 2.75) is 19.5 Å². The zero-order valence-electron chi connectivity index (χ0n) is 19.0. The summed E-state index contributed by atoms with van der Waals surface area (Å²) in [4.78, 5) is 16.9. The van der Waals surface area contributed by atoms with E-state index in [0.29, 0.717) is 13.1 Å². The zero-order chi connectivity index (χ0) is 22.3. The van der Waals surface area contributed by atoms with Gasteiger partial charge in [0.2, 0.25) is 0 Å². The van der Waals surface area contributed by atoms with Gasteiger partial charge in [0.25, 0.3) is 0 Å². The molecule has 1 atom stereocenters. The van der Waals surface area contributed by atoms with Crippen LogP contribution in [0.3, 0.4) is 0 Å². The lowest BCUT2D eigenvalue weighted by Crippen LogP contribution is -2.46. The fourth-order valence-corrected chi connectivity index (χ4v) is 4.01. The predicted molar refractivity (Wildman–Crippen MR) is 125 cm³/mol. The van der Waals surface area contributed by atoms with Gasteiger partial charge in [-0.3, -0.25) is 9.89 Å². The van der Waals surface area contributed by atoms with Gasteiger partial charge in [0.05, 0.1) is 37.7 Å². The Kier molecular flexibility index (Phi) is 7.24. The smallest absolute Gasteiger partial charge is 0.193 e. The molecule has 1 fully saturated rings. The number of morpholine rings is 1. The average molecular weight is 437 g/mol. The van der Waals surface area contributed by atoms with E-state index in [1.54, 1.807) is 7.05 Å². The van der Waals surface area contributed by atoms with Gasteiger partial charge in [-0.05, 0) is 24.6 Å². The van der Waals surface area contributed by atoms with Crippen LogP contribution in [-0.4, -0.2) is 72.7 Å². The number of rotatable bonds is 7. The number of hydrogen-bond donors (Lipinski definition) is 2. The summed E-state index contributed by atoms with van der Waals surface area (Å²) >= 11 is 0. The van der Waals surface area contributed by atoms with Gasteiger partial charge in [0.15, 0.2) is 5.96 Å². The summed E-state index contributed by atoms with van der Waals surface area (Å²) in [6.07, 6.45) is 1.88. The van der Waals surface area contributed by atoms with E-state index >= 15 is 0 Å². The van der Waals surface area contributed by atoms with Gasteiger partial charge in [-0.15, -0.1) is 0 Å². The Balaban J connectivity index is 1.40. The molecule has 3 aromatic rings. The van der Waals surface area contributed by atoms with Gasteiger partial charge >= 0.3 is 0 Å². The van der Waals surface area contributed by atoms with Crippen LogP contribution in [-0.2, 0) is 11.3 Å². The third kappa shape index (κ3) is 5.38. The summed E-state index contributed by atoms with van der Waals surface area (Å²) in [5.41, 5.74) is 2.14. The van der Waals surface area contributed by atoms with Crippen molar-refractivity contribution in [2.24, 2.45) is 4.99 Å². The maximum atomic E-state index is 5.97. The van der Waals surface area contributed by atoms with Gasteiger partial charge < -0.3 is 24.4 Å². The van der Waals surface area contributed by atoms with E-state index in [0.717, 1.165) is 60.9 Å². The first-order valence-corrected chi connectivity index (χ1v) is 11.0. The number of aryl methyl sites for hydroxylation is 1. The van der Waals surface area contributed by atoms with Crippen molar-refractivity contribution in [1.82, 2.24) is 25.1 Å². The number of nitrogens with zero attached hydrogens (tertiary/aromatic N) is 4. The van der Waals surface area contributed by atoms with Crippen molar-refractivity contribution in [1.29, 1.82) is 0 Å². The van der Waals surface area contributed by atoms with E-state index in [4.69, 9.17) is 9.15 Å². The SMILES string of the molecule is CN=C(NCC(c1ccc(C)o1)N1CCOCC1)N(C)Cc1ncc(-c2ccccc2)[nH]1. The first-order valence-electron chi connectivity index (χ1n) is 11.0. The summed E-state index contributed by atoms with van der Waals surface area (Å²) in [7, 11) is 3.82. The third-order valence-corrected chi connectivity index (χ3v) is 5.70. The molecular weight excluding hydrogens is 404 g/mol. The molecule has 2 aromatic heterocycles. The molecule has 0 radical (unpaired) electrons. The lowest BCUT2D eigenvalue weighted by molar-refractivity contribution is 0.0123. The van der Waals surface area contributed by atoms with Gasteiger partial charge in [0.1, 0.15) is 17.3 Å². The summed E-state index contributed by atoms with van der Waals surface area (Å²) < 4.78 is 11.5. The van der Waals surface area contributed by atoms with Crippen molar-refractivity contribution in [3.63, 3.8) is 0 Å². The number of ether oxygens (including phenoxy) is 1. The predicted octanol–water partition coefficient (Wildman–Crippen LogP) is 3.06. The largest absolute Gasteiger partial charge is 0.465 e. The van der Waals surface area contributed by atoms with E-state index < -0.39 is 0 Å². The molecule has 4 rings (SSSR count). The summed E-state index contributed by atoms with van der Waals surface area (Å²) in [5, 5.41) is 3.52. The number of hydrogen-bond acceptors (Lipinski definition) is 5. The van der Waals surface area contributed by atoms with Crippen molar-refractivity contribution < 1.29 is 9.15 Å². The molecule has 1 aliphatic heterocycles. The molecule has 1 unspecified atom stereocenters. The Morgan fingerprint density at radius 1 is 1.22 bits per heavy atom. The third-order valence-electron chi connectivity index (χ3n) is 5.70. The minimum atomic E-state index is 0.117. The quantitative estimate of drug-likeness (QED) is 0.438. The van der Waals surface area contributed by atoms with E-state index in [-0.39, 0.29) is 6.04 Å². The Morgan fingerprint density at radius 3 is 2.69 bits per heavy atom. The normalized spacial score (nSPS) is 16.2. The molecule has 8 nitrogen and oxygen atoms in total. The molecule has 0 amide bonds. The van der Waals surface area contributed by atoms with E-state index in [9.17, 15) is 0 Å². The van der Waals surface area contributed by atoms with Gasteiger partial charge in [-0.1, -0.05) is 30.3 Å². The van der Waals surface area contributed by atoms with Gasteiger partial charge in [-0.25, -0.2) is 4.98 Å². The highest BCUT2D eigenvalue weighted by Gasteiger charge is 2.26. The minimum Gasteiger partial charge on any atom is -0.465 e. The number of aromatic nitrogens is 2. The molecule has 2 N–H and O–H groups in total. The van der Waals surface area contributed by atoms with Crippen molar-refractivity contribution in [2.75, 3.05) is 46.9 Å². The Hall–Kier alpha value is -3.10. The molecule has 32 heavy (non-hydrogen) atoms. The molecule has 170 valence electrons. The number of aliphatic imine (C=N–C) groups is 1. The minimum absolute atomic E-state index is 0.117. The zero-order valence-corrected chi connectivity index (χ0v) is 19.0.